The van der Waals surface area contributed by atoms with Gasteiger partial charge in [-0.1, -0.05) is 0 Å². The highest BCUT2D eigenvalue weighted by molar-refractivity contribution is 7.90. The van der Waals surface area contributed by atoms with Crippen molar-refractivity contribution in [1.82, 2.24) is 9.78 Å². The lowest BCUT2D eigenvalue weighted by Crippen LogP contribution is -2.13. The quantitative estimate of drug-likeness (QED) is 0.876. The number of rotatable bonds is 4. The fraction of sp³-hybridized carbons (Fsp3) is 0.308. The average molecular weight is 315 g/mol. The molecule has 2 N–H and O–H groups in total. The van der Waals surface area contributed by atoms with Gasteiger partial charge >= 0.3 is 0 Å². The Bertz CT molecular complexity index is 762. The summed E-state index contributed by atoms with van der Waals surface area (Å²) in [6.45, 7) is 3.98. The van der Waals surface area contributed by atoms with Gasteiger partial charge in [-0.25, -0.2) is 17.2 Å². The summed E-state index contributed by atoms with van der Waals surface area (Å²) in [6, 6.07) is 3.16. The standard InChI is InChI=1S/C13H15F2N3O2S/c1-3-18-10(4-8(2)17-18)7-21(19,20)13-11(14)5-9(16)6-12(13)15/h4-6H,3,7,16H2,1-2H3. The molecule has 0 fully saturated rings. The largest absolute Gasteiger partial charge is 0.399 e. The van der Waals surface area contributed by atoms with Crippen LogP contribution < -0.4 is 5.73 Å². The number of nitrogens with zero attached hydrogens (tertiary/aromatic N) is 2. The van der Waals surface area contributed by atoms with Crippen LogP contribution in [0.5, 0.6) is 0 Å². The topological polar surface area (TPSA) is 78.0 Å². The van der Waals surface area contributed by atoms with Crippen LogP contribution in [0.1, 0.15) is 18.3 Å². The Balaban J connectivity index is 2.48. The molecule has 5 nitrogen and oxygen atoms in total. The third-order valence-electron chi connectivity index (χ3n) is 2.95. The third-order valence-corrected chi connectivity index (χ3v) is 4.64. The third kappa shape index (κ3) is 3.05. The molecule has 2 rings (SSSR count). The number of benzene rings is 1. The van der Waals surface area contributed by atoms with E-state index >= 15 is 0 Å². The summed E-state index contributed by atoms with van der Waals surface area (Å²) in [5, 5.41) is 4.11. The Kier molecular flexibility index (Phi) is 3.99. The van der Waals surface area contributed by atoms with Gasteiger partial charge in [0.2, 0.25) is 0 Å². The van der Waals surface area contributed by atoms with E-state index in [9.17, 15) is 17.2 Å². The summed E-state index contributed by atoms with van der Waals surface area (Å²) in [4.78, 5) is -0.960. The summed E-state index contributed by atoms with van der Waals surface area (Å²) in [5.74, 6) is -2.90. The number of nitrogens with two attached hydrogens (primary N) is 1. The molecule has 0 spiro atoms. The molecule has 0 atom stereocenters. The van der Waals surface area contributed by atoms with E-state index in [4.69, 9.17) is 5.73 Å². The summed E-state index contributed by atoms with van der Waals surface area (Å²) in [6.07, 6.45) is 0. The second-order valence-corrected chi connectivity index (χ2v) is 6.59. The van der Waals surface area contributed by atoms with Crippen LogP contribution in [0.3, 0.4) is 0 Å². The van der Waals surface area contributed by atoms with Crippen LogP contribution in [0.15, 0.2) is 23.1 Å². The van der Waals surface area contributed by atoms with E-state index in [0.29, 0.717) is 17.9 Å². The van der Waals surface area contributed by atoms with Crippen molar-refractivity contribution in [2.45, 2.75) is 31.0 Å². The Labute approximate surface area is 121 Å². The van der Waals surface area contributed by atoms with E-state index in [-0.39, 0.29) is 5.69 Å². The first-order valence-electron chi connectivity index (χ1n) is 6.25. The first kappa shape index (κ1) is 15.4. The van der Waals surface area contributed by atoms with E-state index in [0.717, 1.165) is 12.1 Å². The molecule has 1 heterocycles. The number of nitrogen functional groups attached to an aromatic ring is 1. The van der Waals surface area contributed by atoms with Crippen molar-refractivity contribution in [2.75, 3.05) is 5.73 Å². The van der Waals surface area contributed by atoms with Crippen molar-refractivity contribution in [3.05, 3.63) is 41.2 Å². The molecule has 0 saturated heterocycles. The zero-order valence-electron chi connectivity index (χ0n) is 11.6. The van der Waals surface area contributed by atoms with Gasteiger partial charge < -0.3 is 5.73 Å². The van der Waals surface area contributed by atoms with E-state index in [1.807, 2.05) is 0 Å². The highest BCUT2D eigenvalue weighted by Gasteiger charge is 2.26. The van der Waals surface area contributed by atoms with Crippen molar-refractivity contribution in [2.24, 2.45) is 0 Å². The molecule has 0 saturated carbocycles. The maximum absolute atomic E-state index is 13.8. The smallest absolute Gasteiger partial charge is 0.189 e. The van der Waals surface area contributed by atoms with Gasteiger partial charge in [-0.05, 0) is 32.0 Å². The Morgan fingerprint density at radius 2 is 1.81 bits per heavy atom. The molecule has 0 unspecified atom stereocenters. The van der Waals surface area contributed by atoms with E-state index in [1.54, 1.807) is 19.9 Å². The number of sulfone groups is 1. The monoisotopic (exact) mass is 315 g/mol. The minimum Gasteiger partial charge on any atom is -0.399 e. The minimum absolute atomic E-state index is 0.168. The van der Waals surface area contributed by atoms with Crippen LogP contribution in [0.2, 0.25) is 0 Å². The van der Waals surface area contributed by atoms with Gasteiger partial charge in [-0.2, -0.15) is 5.10 Å². The Morgan fingerprint density at radius 3 is 2.33 bits per heavy atom. The first-order valence-corrected chi connectivity index (χ1v) is 7.90. The zero-order valence-corrected chi connectivity index (χ0v) is 12.4. The summed E-state index contributed by atoms with van der Waals surface area (Å²) in [7, 11) is -4.18. The number of anilines is 1. The van der Waals surface area contributed by atoms with Crippen molar-refractivity contribution >= 4 is 15.5 Å². The van der Waals surface area contributed by atoms with E-state index in [2.05, 4.69) is 5.10 Å². The van der Waals surface area contributed by atoms with Gasteiger partial charge in [0, 0.05) is 12.2 Å². The molecule has 8 heteroatoms. The molecule has 2 aromatic rings. The van der Waals surface area contributed by atoms with Crippen LogP contribution in [0.25, 0.3) is 0 Å². The van der Waals surface area contributed by atoms with Gasteiger partial charge in [0.1, 0.15) is 16.5 Å². The SMILES string of the molecule is CCn1nc(C)cc1CS(=O)(=O)c1c(F)cc(N)cc1F. The van der Waals surface area contributed by atoms with Crippen LogP contribution in [0.4, 0.5) is 14.5 Å². The Morgan fingerprint density at radius 1 is 1.24 bits per heavy atom. The zero-order chi connectivity index (χ0) is 15.8. The Hall–Kier alpha value is -1.96. The van der Waals surface area contributed by atoms with Gasteiger partial charge in [0.05, 0.1) is 17.1 Å². The maximum Gasteiger partial charge on any atom is 0.189 e. The van der Waals surface area contributed by atoms with Crippen molar-refractivity contribution < 1.29 is 17.2 Å². The molecule has 21 heavy (non-hydrogen) atoms. The molecular weight excluding hydrogens is 300 g/mol. The molecule has 0 aliphatic rings. The fourth-order valence-electron chi connectivity index (χ4n) is 2.13. The predicted octanol–water partition coefficient (Wildman–Crippen LogP) is 2.05. The molecule has 0 bridgehead atoms. The number of aryl methyl sites for hydroxylation is 2. The van der Waals surface area contributed by atoms with Gasteiger partial charge in [0.15, 0.2) is 9.84 Å². The number of halogens is 2. The minimum atomic E-state index is -4.18. The molecule has 114 valence electrons. The van der Waals surface area contributed by atoms with E-state index < -0.39 is 32.1 Å². The van der Waals surface area contributed by atoms with Crippen molar-refractivity contribution in [1.29, 1.82) is 0 Å². The summed E-state index contributed by atoms with van der Waals surface area (Å²) >= 11 is 0. The van der Waals surface area contributed by atoms with Crippen LogP contribution in [-0.2, 0) is 22.1 Å². The van der Waals surface area contributed by atoms with Gasteiger partial charge in [-0.3, -0.25) is 4.68 Å². The van der Waals surface area contributed by atoms with Gasteiger partial charge in [0.25, 0.3) is 0 Å². The van der Waals surface area contributed by atoms with Gasteiger partial charge in [-0.15, -0.1) is 0 Å². The number of hydrogen-bond acceptors (Lipinski definition) is 4. The lowest BCUT2D eigenvalue weighted by atomic mass is 10.3. The molecule has 1 aromatic carbocycles. The summed E-state index contributed by atoms with van der Waals surface area (Å²) in [5.41, 5.74) is 6.14. The first-order chi connectivity index (χ1) is 9.74. The average Bonchev–Trinajstić information content (AvgIpc) is 2.66. The molecule has 0 aliphatic heterocycles. The van der Waals surface area contributed by atoms with E-state index in [1.165, 1.54) is 4.68 Å². The number of aromatic nitrogens is 2. The second kappa shape index (κ2) is 5.44. The van der Waals surface area contributed by atoms with Crippen molar-refractivity contribution in [3.8, 4) is 0 Å². The van der Waals surface area contributed by atoms with Crippen LogP contribution >= 0.6 is 0 Å². The van der Waals surface area contributed by atoms with Crippen LogP contribution in [0, 0.1) is 18.6 Å². The highest BCUT2D eigenvalue weighted by atomic mass is 32.2. The van der Waals surface area contributed by atoms with Crippen molar-refractivity contribution in [3.63, 3.8) is 0 Å². The highest BCUT2D eigenvalue weighted by Crippen LogP contribution is 2.25. The van der Waals surface area contributed by atoms with Crippen LogP contribution in [-0.4, -0.2) is 18.2 Å². The normalized spacial score (nSPS) is 11.8. The lowest BCUT2D eigenvalue weighted by Gasteiger charge is -2.09. The molecule has 0 radical (unpaired) electrons. The lowest BCUT2D eigenvalue weighted by molar-refractivity contribution is 0.518. The fourth-order valence-corrected chi connectivity index (χ4v) is 3.61. The molecular formula is C13H15F2N3O2S. The molecule has 1 aromatic heterocycles. The predicted molar refractivity (Wildman–Crippen MR) is 74.3 cm³/mol. The molecule has 0 amide bonds. The second-order valence-electron chi connectivity index (χ2n) is 4.67. The maximum atomic E-state index is 13.8. The number of hydrogen-bond donors (Lipinski definition) is 1. The molecule has 0 aliphatic carbocycles. The summed E-state index contributed by atoms with van der Waals surface area (Å²) < 4.78 is 53.6.